The van der Waals surface area contributed by atoms with E-state index < -0.39 is 19.7 Å². The molecule has 1 aromatic rings. The number of hydrogen-bond donors (Lipinski definition) is 0. The van der Waals surface area contributed by atoms with Crippen molar-refractivity contribution in [1.82, 2.24) is 0 Å². The van der Waals surface area contributed by atoms with Crippen LogP contribution in [0.2, 0.25) is 0 Å². The average molecular weight is 300 g/mol. The summed E-state index contributed by atoms with van der Waals surface area (Å²) in [5.41, 5.74) is 0.683. The molecule has 6 heteroatoms. The van der Waals surface area contributed by atoms with Gasteiger partial charge in [0.25, 0.3) is 0 Å². The molecule has 104 valence electrons. The number of allylic oxidation sites excluding steroid dienone is 2. The molecule has 0 N–H and O–H groups in total. The quantitative estimate of drug-likeness (QED) is 0.857. The van der Waals surface area contributed by atoms with Gasteiger partial charge < -0.3 is 0 Å². The highest BCUT2D eigenvalue weighted by atomic mass is 32.2. The van der Waals surface area contributed by atoms with Crippen molar-refractivity contribution < 1.29 is 16.8 Å². The Morgan fingerprint density at radius 3 is 1.79 bits per heavy atom. The highest BCUT2D eigenvalue weighted by Crippen LogP contribution is 2.25. The van der Waals surface area contributed by atoms with Crippen molar-refractivity contribution >= 4 is 19.7 Å². The summed E-state index contributed by atoms with van der Waals surface area (Å²) in [6, 6.07) is 4.26. The smallest absolute Gasteiger partial charge is 0.200 e. The third-order valence-corrected chi connectivity index (χ3v) is 5.65. The standard InChI is InChI=1S/C13H16O4S2/c1-4-8-18(14,15)12-7-6-11(3)10-13(12)19(16,17)9-5-2/h4-10H,1-3H3/b8-4+,9-5+. The van der Waals surface area contributed by atoms with Crippen LogP contribution in [0, 0.1) is 6.92 Å². The molecular formula is C13H16O4S2. The van der Waals surface area contributed by atoms with E-state index in [1.165, 1.54) is 24.3 Å². The van der Waals surface area contributed by atoms with Crippen LogP contribution in [0.1, 0.15) is 19.4 Å². The van der Waals surface area contributed by atoms with Gasteiger partial charge in [-0.2, -0.15) is 0 Å². The number of rotatable bonds is 4. The van der Waals surface area contributed by atoms with Gasteiger partial charge in [0.15, 0.2) is 0 Å². The molecule has 0 saturated carbocycles. The van der Waals surface area contributed by atoms with Gasteiger partial charge in [-0.3, -0.25) is 0 Å². The molecule has 0 atom stereocenters. The van der Waals surface area contributed by atoms with Gasteiger partial charge in [-0.05, 0) is 38.5 Å². The molecule has 0 unspecified atom stereocenters. The fourth-order valence-corrected chi connectivity index (χ4v) is 4.58. The normalized spacial score (nSPS) is 13.4. The van der Waals surface area contributed by atoms with Crippen LogP contribution in [0.3, 0.4) is 0 Å². The topological polar surface area (TPSA) is 68.3 Å². The largest absolute Gasteiger partial charge is 0.219 e. The van der Waals surface area contributed by atoms with Crippen molar-refractivity contribution in [2.75, 3.05) is 0 Å². The third-order valence-electron chi connectivity index (χ3n) is 2.34. The average Bonchev–Trinajstić information content (AvgIpc) is 2.28. The molecule has 0 heterocycles. The van der Waals surface area contributed by atoms with E-state index in [-0.39, 0.29) is 9.79 Å². The summed E-state index contributed by atoms with van der Waals surface area (Å²) in [6.45, 7) is 4.83. The molecule has 0 spiro atoms. The van der Waals surface area contributed by atoms with Crippen LogP contribution >= 0.6 is 0 Å². The Kier molecular flexibility index (Phi) is 4.70. The minimum atomic E-state index is -3.76. The molecule has 0 aliphatic carbocycles. The summed E-state index contributed by atoms with van der Waals surface area (Å²) >= 11 is 0. The Bertz CT molecular complexity index is 724. The summed E-state index contributed by atoms with van der Waals surface area (Å²) in [5, 5.41) is 1.99. The number of hydrogen-bond acceptors (Lipinski definition) is 4. The molecule has 0 saturated heterocycles. The van der Waals surface area contributed by atoms with E-state index in [9.17, 15) is 16.8 Å². The van der Waals surface area contributed by atoms with Crippen molar-refractivity contribution in [3.8, 4) is 0 Å². The zero-order valence-corrected chi connectivity index (χ0v) is 12.6. The molecular weight excluding hydrogens is 284 g/mol. The first-order chi connectivity index (χ1) is 8.74. The second-order valence-electron chi connectivity index (χ2n) is 3.98. The summed E-state index contributed by atoms with van der Waals surface area (Å²) in [5.74, 6) is 0. The predicted octanol–water partition coefficient (Wildman–Crippen LogP) is 2.61. The molecule has 1 rings (SSSR count). The lowest BCUT2D eigenvalue weighted by molar-refractivity contribution is 0.591. The van der Waals surface area contributed by atoms with E-state index >= 15 is 0 Å². The van der Waals surface area contributed by atoms with Crippen LogP contribution in [-0.2, 0) is 19.7 Å². The third kappa shape index (κ3) is 3.54. The molecule has 19 heavy (non-hydrogen) atoms. The number of aryl methyl sites for hydroxylation is 1. The van der Waals surface area contributed by atoms with E-state index in [0.717, 1.165) is 10.8 Å². The summed E-state index contributed by atoms with van der Waals surface area (Å²) < 4.78 is 48.2. The van der Waals surface area contributed by atoms with Crippen molar-refractivity contribution in [2.24, 2.45) is 0 Å². The van der Waals surface area contributed by atoms with Gasteiger partial charge in [-0.15, -0.1) is 0 Å². The van der Waals surface area contributed by atoms with E-state index in [1.54, 1.807) is 26.8 Å². The molecule has 0 aliphatic heterocycles. The second-order valence-corrected chi connectivity index (χ2v) is 7.58. The first-order valence-electron chi connectivity index (χ1n) is 5.61. The Labute approximate surface area is 114 Å². The summed E-state index contributed by atoms with van der Waals surface area (Å²) in [6.07, 6.45) is 2.73. The van der Waals surface area contributed by atoms with Gasteiger partial charge in [-0.1, -0.05) is 18.2 Å². The van der Waals surface area contributed by atoms with Crippen LogP contribution in [0.5, 0.6) is 0 Å². The molecule has 0 radical (unpaired) electrons. The Balaban J connectivity index is 3.71. The fraction of sp³-hybridized carbons (Fsp3) is 0.231. The van der Waals surface area contributed by atoms with Crippen LogP contribution in [0.15, 0.2) is 51.0 Å². The summed E-state index contributed by atoms with van der Waals surface area (Å²) in [7, 11) is -7.51. The maximum atomic E-state index is 12.1. The van der Waals surface area contributed by atoms with Gasteiger partial charge in [0.05, 0.1) is 9.79 Å². The van der Waals surface area contributed by atoms with E-state index in [4.69, 9.17) is 0 Å². The molecule has 0 bridgehead atoms. The molecule has 4 nitrogen and oxygen atoms in total. The van der Waals surface area contributed by atoms with Gasteiger partial charge in [0.1, 0.15) is 0 Å². The van der Waals surface area contributed by atoms with Crippen LogP contribution < -0.4 is 0 Å². The highest BCUT2D eigenvalue weighted by molar-refractivity contribution is 7.97. The number of benzene rings is 1. The van der Waals surface area contributed by atoms with E-state index in [0.29, 0.717) is 5.56 Å². The molecule has 1 aromatic carbocycles. The predicted molar refractivity (Wildman–Crippen MR) is 75.2 cm³/mol. The van der Waals surface area contributed by atoms with Gasteiger partial charge in [0.2, 0.25) is 19.7 Å². The first kappa shape index (κ1) is 15.7. The van der Waals surface area contributed by atoms with E-state index in [2.05, 4.69) is 0 Å². The van der Waals surface area contributed by atoms with Crippen molar-refractivity contribution in [3.63, 3.8) is 0 Å². The summed E-state index contributed by atoms with van der Waals surface area (Å²) in [4.78, 5) is -0.391. The number of sulfone groups is 2. The SMILES string of the molecule is C/C=C/S(=O)(=O)c1ccc(C)cc1S(=O)(=O)/C=C/C. The van der Waals surface area contributed by atoms with Crippen LogP contribution in [-0.4, -0.2) is 16.8 Å². The lowest BCUT2D eigenvalue weighted by Crippen LogP contribution is -2.06. The van der Waals surface area contributed by atoms with E-state index in [1.807, 2.05) is 0 Å². The molecule has 0 fully saturated rings. The minimum Gasteiger partial charge on any atom is -0.219 e. The molecule has 0 aromatic heterocycles. The van der Waals surface area contributed by atoms with Gasteiger partial charge in [-0.25, -0.2) is 16.8 Å². The van der Waals surface area contributed by atoms with Crippen molar-refractivity contribution in [2.45, 2.75) is 30.6 Å². The van der Waals surface area contributed by atoms with Crippen LogP contribution in [0.25, 0.3) is 0 Å². The van der Waals surface area contributed by atoms with Crippen molar-refractivity contribution in [3.05, 3.63) is 46.7 Å². The fourth-order valence-electron chi connectivity index (χ4n) is 1.58. The Hall–Kier alpha value is -1.40. The highest BCUT2D eigenvalue weighted by Gasteiger charge is 2.23. The lowest BCUT2D eigenvalue weighted by Gasteiger charge is -2.08. The van der Waals surface area contributed by atoms with Gasteiger partial charge in [0, 0.05) is 10.8 Å². The monoisotopic (exact) mass is 300 g/mol. The minimum absolute atomic E-state index is 0.191. The maximum absolute atomic E-state index is 12.1. The van der Waals surface area contributed by atoms with Crippen molar-refractivity contribution in [1.29, 1.82) is 0 Å². The zero-order chi connectivity index (χ0) is 14.7. The molecule has 0 aliphatic rings. The second kappa shape index (κ2) is 5.71. The Morgan fingerprint density at radius 1 is 0.842 bits per heavy atom. The Morgan fingerprint density at radius 2 is 1.32 bits per heavy atom. The molecule has 0 amide bonds. The van der Waals surface area contributed by atoms with Crippen LogP contribution in [0.4, 0.5) is 0 Å². The van der Waals surface area contributed by atoms with Gasteiger partial charge >= 0.3 is 0 Å². The lowest BCUT2D eigenvalue weighted by atomic mass is 10.2. The maximum Gasteiger partial charge on any atom is 0.200 e. The first-order valence-corrected chi connectivity index (χ1v) is 8.70. The zero-order valence-electron chi connectivity index (χ0n) is 11.0.